The van der Waals surface area contributed by atoms with E-state index in [9.17, 15) is 9.59 Å². The van der Waals surface area contributed by atoms with Gasteiger partial charge in [-0.3, -0.25) is 14.5 Å². The quantitative estimate of drug-likeness (QED) is 0.764. The maximum absolute atomic E-state index is 12.8. The summed E-state index contributed by atoms with van der Waals surface area (Å²) in [5.74, 6) is 0. The van der Waals surface area contributed by atoms with E-state index in [0.717, 1.165) is 13.0 Å². The Morgan fingerprint density at radius 3 is 2.77 bits per heavy atom. The van der Waals surface area contributed by atoms with Crippen LogP contribution in [0.4, 0.5) is 0 Å². The average molecular weight is 346 g/mol. The molecule has 2 aromatic heterocycles. The van der Waals surface area contributed by atoms with Gasteiger partial charge in [-0.05, 0) is 36.7 Å². The van der Waals surface area contributed by atoms with Gasteiger partial charge in [-0.1, -0.05) is 24.3 Å². The number of benzene rings is 1. The lowest BCUT2D eigenvalue weighted by molar-refractivity contribution is 0.193. The van der Waals surface area contributed by atoms with E-state index in [2.05, 4.69) is 29.1 Å². The van der Waals surface area contributed by atoms with Crippen molar-refractivity contribution < 1.29 is 0 Å². The van der Waals surface area contributed by atoms with E-state index in [0.29, 0.717) is 17.4 Å². The predicted octanol–water partition coefficient (Wildman–Crippen LogP) is 1.62. The number of aromatic amines is 1. The minimum absolute atomic E-state index is 0.0453. The van der Waals surface area contributed by atoms with Crippen molar-refractivity contribution in [2.75, 3.05) is 7.05 Å². The number of nitrogens with one attached hydrogen (secondary N) is 1. The summed E-state index contributed by atoms with van der Waals surface area (Å²) in [6.07, 6.45) is 2.59. The number of hydrogen-bond donors (Lipinski definition) is 1. The van der Waals surface area contributed by atoms with Crippen LogP contribution in [0.25, 0.3) is 10.9 Å². The Hall–Kier alpha value is -3.17. The first-order valence-corrected chi connectivity index (χ1v) is 8.50. The van der Waals surface area contributed by atoms with Gasteiger partial charge < -0.3 is 9.55 Å². The number of aromatic nitrogens is 2. The summed E-state index contributed by atoms with van der Waals surface area (Å²) in [6, 6.07) is 13.5. The molecule has 0 spiro atoms. The highest BCUT2D eigenvalue weighted by molar-refractivity contribution is 5.78. The van der Waals surface area contributed by atoms with Gasteiger partial charge in [-0.25, -0.2) is 0 Å². The largest absolute Gasteiger partial charge is 0.321 e. The fourth-order valence-electron chi connectivity index (χ4n) is 3.62. The molecule has 4 rings (SSSR count). The van der Waals surface area contributed by atoms with Crippen LogP contribution in [-0.4, -0.2) is 27.5 Å². The summed E-state index contributed by atoms with van der Waals surface area (Å²) < 4.78 is 1.66. The first-order valence-electron chi connectivity index (χ1n) is 8.50. The molecule has 1 N–H and O–H groups in total. The topological polar surface area (TPSA) is 81.9 Å². The fourth-order valence-corrected chi connectivity index (χ4v) is 3.62. The molecule has 1 aromatic carbocycles. The first kappa shape index (κ1) is 16.3. The van der Waals surface area contributed by atoms with Crippen molar-refractivity contribution in [1.29, 1.82) is 5.26 Å². The molecule has 0 radical (unpaired) electrons. The van der Waals surface area contributed by atoms with Crippen molar-refractivity contribution in [1.82, 2.24) is 14.5 Å². The Morgan fingerprint density at radius 2 is 2.00 bits per heavy atom. The lowest BCUT2D eigenvalue weighted by Gasteiger charge is -2.34. The van der Waals surface area contributed by atoms with Crippen LogP contribution in [0, 0.1) is 11.3 Å². The van der Waals surface area contributed by atoms with Crippen LogP contribution in [0.3, 0.4) is 0 Å². The van der Waals surface area contributed by atoms with Crippen LogP contribution in [0.5, 0.6) is 0 Å². The summed E-state index contributed by atoms with van der Waals surface area (Å²) in [7, 11) is 2.07. The van der Waals surface area contributed by atoms with Crippen LogP contribution < -0.4 is 11.1 Å². The van der Waals surface area contributed by atoms with Crippen molar-refractivity contribution >= 4 is 10.9 Å². The van der Waals surface area contributed by atoms with Gasteiger partial charge in [-0.15, -0.1) is 0 Å². The molecular formula is C20H18N4O2. The van der Waals surface area contributed by atoms with E-state index in [1.54, 1.807) is 16.8 Å². The van der Waals surface area contributed by atoms with Crippen molar-refractivity contribution in [2.24, 2.45) is 0 Å². The molecule has 0 saturated carbocycles. The minimum atomic E-state index is -0.472. The van der Waals surface area contributed by atoms with Crippen LogP contribution in [0.2, 0.25) is 0 Å². The van der Waals surface area contributed by atoms with Crippen LogP contribution in [0.1, 0.15) is 16.7 Å². The summed E-state index contributed by atoms with van der Waals surface area (Å²) in [4.78, 5) is 29.4. The number of H-pyrrole nitrogens is 1. The fraction of sp³-hybridized carbons (Fsp3) is 0.250. The van der Waals surface area contributed by atoms with Crippen molar-refractivity contribution in [3.8, 4) is 6.07 Å². The second-order valence-corrected chi connectivity index (χ2v) is 6.77. The Balaban J connectivity index is 1.71. The lowest BCUT2D eigenvalue weighted by Crippen LogP contribution is -2.42. The number of nitrogens with zero attached hydrogens (tertiary/aromatic N) is 3. The molecule has 0 saturated heterocycles. The Bertz CT molecular complexity index is 1150. The molecule has 3 heterocycles. The third-order valence-corrected chi connectivity index (χ3v) is 5.13. The Morgan fingerprint density at radius 1 is 1.23 bits per heavy atom. The number of likely N-dealkylation sites (N-methyl/N-ethyl adjacent to an activating group) is 1. The molecule has 0 fully saturated rings. The molecule has 1 atom stereocenters. The molecule has 0 bridgehead atoms. The average Bonchev–Trinajstić information content (AvgIpc) is 2.64. The van der Waals surface area contributed by atoms with E-state index in [1.807, 2.05) is 18.2 Å². The zero-order chi connectivity index (χ0) is 18.3. The second-order valence-electron chi connectivity index (χ2n) is 6.77. The van der Waals surface area contributed by atoms with E-state index in [1.165, 1.54) is 17.2 Å². The van der Waals surface area contributed by atoms with Gasteiger partial charge in [0.25, 0.3) is 11.1 Å². The molecule has 1 aliphatic heterocycles. The standard InChI is InChI=1S/C20H18N4O2/c1-23-11-14-5-3-2-4-13(14)8-16(23)12-24-7-6-18-17(20(24)26)9-15(10-21)19(25)22-18/h2-7,9,16H,8,11-12H2,1H3,(H,22,25). The molecule has 1 aliphatic rings. The minimum Gasteiger partial charge on any atom is -0.321 e. The van der Waals surface area contributed by atoms with Crippen molar-refractivity contribution in [2.45, 2.75) is 25.6 Å². The molecule has 26 heavy (non-hydrogen) atoms. The Kier molecular flexibility index (Phi) is 3.94. The third kappa shape index (κ3) is 2.72. The maximum Gasteiger partial charge on any atom is 0.266 e. The normalized spacial score (nSPS) is 17.0. The molecule has 3 aromatic rings. The number of pyridine rings is 2. The molecule has 130 valence electrons. The van der Waals surface area contributed by atoms with Gasteiger partial charge in [-0.2, -0.15) is 5.26 Å². The van der Waals surface area contributed by atoms with Crippen LogP contribution in [0.15, 0.2) is 52.2 Å². The highest BCUT2D eigenvalue weighted by Gasteiger charge is 2.23. The second kappa shape index (κ2) is 6.28. The molecule has 6 heteroatoms. The number of rotatable bonds is 2. The van der Waals surface area contributed by atoms with E-state index in [-0.39, 0.29) is 17.2 Å². The van der Waals surface area contributed by atoms with Gasteiger partial charge in [0.05, 0.1) is 10.9 Å². The molecule has 1 unspecified atom stereocenters. The summed E-state index contributed by atoms with van der Waals surface area (Å²) >= 11 is 0. The predicted molar refractivity (Wildman–Crippen MR) is 98.9 cm³/mol. The SMILES string of the molecule is CN1Cc2ccccc2CC1Cn1ccc2[nH]c(=O)c(C#N)cc2c1=O. The van der Waals surface area contributed by atoms with Crippen LogP contribution in [-0.2, 0) is 19.5 Å². The molecular weight excluding hydrogens is 328 g/mol. The molecule has 0 amide bonds. The van der Waals surface area contributed by atoms with Gasteiger partial charge in [0, 0.05) is 25.3 Å². The van der Waals surface area contributed by atoms with Gasteiger partial charge >= 0.3 is 0 Å². The number of nitriles is 1. The lowest BCUT2D eigenvalue weighted by atomic mass is 9.94. The van der Waals surface area contributed by atoms with E-state index < -0.39 is 5.56 Å². The highest BCUT2D eigenvalue weighted by Crippen LogP contribution is 2.22. The van der Waals surface area contributed by atoms with Crippen molar-refractivity contribution in [3.63, 3.8) is 0 Å². The molecule has 6 nitrogen and oxygen atoms in total. The van der Waals surface area contributed by atoms with Gasteiger partial charge in [0.2, 0.25) is 0 Å². The zero-order valence-corrected chi connectivity index (χ0v) is 14.4. The maximum atomic E-state index is 12.8. The summed E-state index contributed by atoms with van der Waals surface area (Å²) in [5, 5.41) is 9.40. The highest BCUT2D eigenvalue weighted by atomic mass is 16.1. The van der Waals surface area contributed by atoms with Crippen LogP contribution >= 0.6 is 0 Å². The van der Waals surface area contributed by atoms with Gasteiger partial charge in [0.1, 0.15) is 11.6 Å². The smallest absolute Gasteiger partial charge is 0.266 e. The van der Waals surface area contributed by atoms with E-state index >= 15 is 0 Å². The Labute approximate surface area is 149 Å². The number of hydrogen-bond acceptors (Lipinski definition) is 4. The van der Waals surface area contributed by atoms with Gasteiger partial charge in [0.15, 0.2) is 0 Å². The first-order chi connectivity index (χ1) is 12.6. The van der Waals surface area contributed by atoms with Crippen molar-refractivity contribution in [3.05, 3.63) is 80.0 Å². The monoisotopic (exact) mass is 346 g/mol. The summed E-state index contributed by atoms with van der Waals surface area (Å²) in [6.45, 7) is 1.41. The number of fused-ring (bicyclic) bond motifs is 2. The summed E-state index contributed by atoms with van der Waals surface area (Å²) in [5.41, 5.74) is 2.39. The van der Waals surface area contributed by atoms with E-state index in [4.69, 9.17) is 5.26 Å². The third-order valence-electron chi connectivity index (χ3n) is 5.13. The zero-order valence-electron chi connectivity index (χ0n) is 14.4. The molecule has 0 aliphatic carbocycles.